The molecule has 1 atom stereocenters. The fourth-order valence-corrected chi connectivity index (χ4v) is 1.60. The van der Waals surface area contributed by atoms with Crippen LogP contribution >= 0.6 is 0 Å². The van der Waals surface area contributed by atoms with Gasteiger partial charge >= 0.3 is 5.97 Å². The van der Waals surface area contributed by atoms with Crippen molar-refractivity contribution in [2.24, 2.45) is 7.05 Å². The molecular formula is C14H13N3O2. The van der Waals surface area contributed by atoms with Crippen molar-refractivity contribution < 1.29 is 9.53 Å². The second-order valence-electron chi connectivity index (χ2n) is 3.96. The van der Waals surface area contributed by atoms with Crippen molar-refractivity contribution >= 4 is 5.97 Å². The third-order valence-corrected chi connectivity index (χ3v) is 2.51. The average Bonchev–Trinajstić information content (AvgIpc) is 2.86. The van der Waals surface area contributed by atoms with E-state index < -0.39 is 12.1 Å². The molecule has 19 heavy (non-hydrogen) atoms. The fraction of sp³-hybridized carbons (Fsp3) is 0.214. The van der Waals surface area contributed by atoms with Crippen LogP contribution < -0.4 is 0 Å². The van der Waals surface area contributed by atoms with E-state index in [-0.39, 0.29) is 6.42 Å². The molecule has 0 radical (unpaired) electrons. The molecule has 2 heterocycles. The Kier molecular flexibility index (Phi) is 3.94. The summed E-state index contributed by atoms with van der Waals surface area (Å²) in [5, 5.41) is 3.92. The number of esters is 1. The molecule has 0 N–H and O–H groups in total. The van der Waals surface area contributed by atoms with E-state index in [1.165, 1.54) is 10.9 Å². The first kappa shape index (κ1) is 12.8. The standard InChI is InChI=1S/C14H13N3O2/c1-3-6-13(12-7-4-5-8-15-12)19-14(18)11-9-16-17(2)10-11/h1,4-5,7-10,13H,6H2,2H3/t13-/m0/s1. The molecule has 0 aromatic carbocycles. The number of carbonyl (C=O) groups excluding carboxylic acids is 1. The lowest BCUT2D eigenvalue weighted by Crippen LogP contribution is -2.12. The highest BCUT2D eigenvalue weighted by atomic mass is 16.5. The number of aromatic nitrogens is 3. The van der Waals surface area contributed by atoms with Gasteiger partial charge in [0.1, 0.15) is 0 Å². The maximum atomic E-state index is 11.9. The van der Waals surface area contributed by atoms with Gasteiger partial charge < -0.3 is 4.74 Å². The minimum atomic E-state index is -0.543. The summed E-state index contributed by atoms with van der Waals surface area (Å²) in [6, 6.07) is 5.39. The highest BCUT2D eigenvalue weighted by Crippen LogP contribution is 2.20. The summed E-state index contributed by atoms with van der Waals surface area (Å²) in [5.41, 5.74) is 1.03. The predicted molar refractivity (Wildman–Crippen MR) is 69.1 cm³/mol. The van der Waals surface area contributed by atoms with Gasteiger partial charge in [0.15, 0.2) is 6.10 Å². The molecule has 0 saturated carbocycles. The molecule has 0 fully saturated rings. The van der Waals surface area contributed by atoms with Crippen LogP contribution in [0.25, 0.3) is 0 Å². The van der Waals surface area contributed by atoms with Crippen LogP contribution in [0.3, 0.4) is 0 Å². The van der Waals surface area contributed by atoms with E-state index >= 15 is 0 Å². The third-order valence-electron chi connectivity index (χ3n) is 2.51. The van der Waals surface area contributed by atoms with Crippen molar-refractivity contribution in [1.29, 1.82) is 0 Å². The molecule has 2 aromatic rings. The van der Waals surface area contributed by atoms with Gasteiger partial charge in [0, 0.05) is 19.4 Å². The summed E-state index contributed by atoms with van der Waals surface area (Å²) in [4.78, 5) is 16.1. The molecule has 2 aromatic heterocycles. The molecule has 5 heteroatoms. The number of pyridine rings is 1. The second-order valence-corrected chi connectivity index (χ2v) is 3.96. The normalized spacial score (nSPS) is 11.6. The quantitative estimate of drug-likeness (QED) is 0.616. The minimum Gasteiger partial charge on any atom is -0.451 e. The summed E-state index contributed by atoms with van der Waals surface area (Å²) >= 11 is 0. The Balaban J connectivity index is 2.14. The smallest absolute Gasteiger partial charge is 0.342 e. The van der Waals surface area contributed by atoms with Crippen LogP contribution in [0.15, 0.2) is 36.8 Å². The van der Waals surface area contributed by atoms with Crippen molar-refractivity contribution in [2.75, 3.05) is 0 Å². The van der Waals surface area contributed by atoms with Crippen LogP contribution in [0, 0.1) is 12.3 Å². The average molecular weight is 255 g/mol. The summed E-state index contributed by atoms with van der Waals surface area (Å²) in [6.07, 6.45) is 9.72. The molecule has 0 spiro atoms. The van der Waals surface area contributed by atoms with Crippen LogP contribution in [-0.2, 0) is 11.8 Å². The van der Waals surface area contributed by atoms with E-state index in [1.54, 1.807) is 31.6 Å². The zero-order valence-corrected chi connectivity index (χ0v) is 10.5. The largest absolute Gasteiger partial charge is 0.451 e. The van der Waals surface area contributed by atoms with Gasteiger partial charge in [-0.2, -0.15) is 5.10 Å². The first-order valence-electron chi connectivity index (χ1n) is 5.74. The Morgan fingerprint density at radius 3 is 3.00 bits per heavy atom. The van der Waals surface area contributed by atoms with Gasteiger partial charge in [-0.15, -0.1) is 12.3 Å². The van der Waals surface area contributed by atoms with E-state index in [9.17, 15) is 4.79 Å². The van der Waals surface area contributed by atoms with E-state index in [2.05, 4.69) is 16.0 Å². The molecule has 0 aliphatic carbocycles. The van der Waals surface area contributed by atoms with Crippen molar-refractivity contribution in [3.8, 4) is 12.3 Å². The fourth-order valence-electron chi connectivity index (χ4n) is 1.60. The summed E-state index contributed by atoms with van der Waals surface area (Å²) in [5.74, 6) is 2.03. The van der Waals surface area contributed by atoms with Crippen LogP contribution in [0.5, 0.6) is 0 Å². The Morgan fingerprint density at radius 2 is 2.42 bits per heavy atom. The maximum Gasteiger partial charge on any atom is 0.342 e. The summed E-state index contributed by atoms with van der Waals surface area (Å²) in [6.45, 7) is 0. The van der Waals surface area contributed by atoms with E-state index in [1.807, 2.05) is 6.07 Å². The zero-order valence-electron chi connectivity index (χ0n) is 10.5. The molecule has 0 amide bonds. The first-order valence-corrected chi connectivity index (χ1v) is 5.74. The molecule has 0 saturated heterocycles. The third kappa shape index (κ3) is 3.19. The van der Waals surface area contributed by atoms with E-state index in [0.29, 0.717) is 11.3 Å². The van der Waals surface area contributed by atoms with Crippen LogP contribution in [0.1, 0.15) is 28.6 Å². The number of carbonyl (C=O) groups is 1. The number of rotatable bonds is 4. The molecule has 96 valence electrons. The van der Waals surface area contributed by atoms with Gasteiger partial charge in [-0.25, -0.2) is 4.79 Å². The van der Waals surface area contributed by atoms with Gasteiger partial charge in [-0.3, -0.25) is 9.67 Å². The molecule has 0 aliphatic rings. The van der Waals surface area contributed by atoms with Crippen molar-refractivity contribution in [3.05, 3.63) is 48.0 Å². The molecule has 0 bridgehead atoms. The Labute approximate surface area is 111 Å². The Hall–Kier alpha value is -2.61. The zero-order chi connectivity index (χ0) is 13.7. The van der Waals surface area contributed by atoms with Crippen LogP contribution in [0.4, 0.5) is 0 Å². The Morgan fingerprint density at radius 1 is 1.58 bits per heavy atom. The topological polar surface area (TPSA) is 57.0 Å². The lowest BCUT2D eigenvalue weighted by molar-refractivity contribution is 0.0298. The number of terminal acetylenes is 1. The molecule has 0 unspecified atom stereocenters. The van der Waals surface area contributed by atoms with Crippen molar-refractivity contribution in [2.45, 2.75) is 12.5 Å². The van der Waals surface area contributed by atoms with Crippen molar-refractivity contribution in [1.82, 2.24) is 14.8 Å². The summed E-state index contributed by atoms with van der Waals surface area (Å²) in [7, 11) is 1.73. The predicted octanol–water partition coefficient (Wildman–Crippen LogP) is 1.74. The highest BCUT2D eigenvalue weighted by Gasteiger charge is 2.19. The molecule has 0 aliphatic heterocycles. The second kappa shape index (κ2) is 5.83. The number of hydrogen-bond acceptors (Lipinski definition) is 4. The van der Waals surface area contributed by atoms with Gasteiger partial charge in [-0.1, -0.05) is 6.07 Å². The van der Waals surface area contributed by atoms with Gasteiger partial charge in [-0.05, 0) is 12.1 Å². The highest BCUT2D eigenvalue weighted by molar-refractivity contribution is 5.88. The lowest BCUT2D eigenvalue weighted by Gasteiger charge is -2.14. The van der Waals surface area contributed by atoms with Crippen LogP contribution in [0.2, 0.25) is 0 Å². The summed E-state index contributed by atoms with van der Waals surface area (Å²) < 4.78 is 6.91. The SMILES string of the molecule is C#CC[C@H](OC(=O)c1cnn(C)c1)c1ccccn1. The van der Waals surface area contributed by atoms with E-state index in [0.717, 1.165) is 0 Å². The lowest BCUT2D eigenvalue weighted by atomic mass is 10.1. The Bertz CT molecular complexity index is 599. The molecular weight excluding hydrogens is 242 g/mol. The van der Waals surface area contributed by atoms with E-state index in [4.69, 9.17) is 11.2 Å². The maximum absolute atomic E-state index is 11.9. The number of ether oxygens (including phenoxy) is 1. The monoisotopic (exact) mass is 255 g/mol. The van der Waals surface area contributed by atoms with Gasteiger partial charge in [0.2, 0.25) is 0 Å². The number of nitrogens with zero attached hydrogens (tertiary/aromatic N) is 3. The van der Waals surface area contributed by atoms with Crippen LogP contribution in [-0.4, -0.2) is 20.7 Å². The number of aryl methyl sites for hydroxylation is 1. The van der Waals surface area contributed by atoms with Gasteiger partial charge in [0.25, 0.3) is 0 Å². The van der Waals surface area contributed by atoms with Gasteiger partial charge in [0.05, 0.1) is 23.9 Å². The molecule has 2 rings (SSSR count). The van der Waals surface area contributed by atoms with Crippen molar-refractivity contribution in [3.63, 3.8) is 0 Å². The molecule has 5 nitrogen and oxygen atoms in total. The number of hydrogen-bond donors (Lipinski definition) is 0. The first-order chi connectivity index (χ1) is 9.20. The minimum absolute atomic E-state index is 0.281.